The number of sulfonamides is 1. The minimum atomic E-state index is -3.83. The number of benzene rings is 2. The van der Waals surface area contributed by atoms with Crippen molar-refractivity contribution in [3.63, 3.8) is 0 Å². The lowest BCUT2D eigenvalue weighted by Gasteiger charge is -2.26. The lowest BCUT2D eigenvalue weighted by Crippen LogP contribution is -2.33. The summed E-state index contributed by atoms with van der Waals surface area (Å²) in [6.45, 7) is 0.00948. The van der Waals surface area contributed by atoms with Gasteiger partial charge < -0.3 is 9.84 Å². The summed E-state index contributed by atoms with van der Waals surface area (Å²) in [6.07, 6.45) is 1.44. The minimum Gasteiger partial charge on any atom is -0.497 e. The maximum absolute atomic E-state index is 13.0. The number of rotatable bonds is 5. The molecule has 0 aromatic heterocycles. The van der Waals surface area contributed by atoms with Crippen LogP contribution in [0.2, 0.25) is 0 Å². The Morgan fingerprint density at radius 2 is 1.76 bits per heavy atom. The van der Waals surface area contributed by atoms with Crippen LogP contribution >= 0.6 is 0 Å². The summed E-state index contributed by atoms with van der Waals surface area (Å²) < 4.78 is 32.3. The first kappa shape index (κ1) is 17.2. The van der Waals surface area contributed by atoms with Crippen LogP contribution in [-0.4, -0.2) is 37.5 Å². The van der Waals surface area contributed by atoms with Gasteiger partial charge in [0.25, 0.3) is 0 Å². The third-order valence-electron chi connectivity index (χ3n) is 4.10. The largest absolute Gasteiger partial charge is 0.497 e. The molecule has 2 aromatic carbocycles. The third kappa shape index (κ3) is 3.16. The number of aliphatic carboxylic acids is 1. The van der Waals surface area contributed by atoms with Gasteiger partial charge in [-0.2, -0.15) is 4.31 Å². The van der Waals surface area contributed by atoms with Gasteiger partial charge in [0.15, 0.2) is 0 Å². The molecule has 1 heterocycles. The molecule has 0 spiro atoms. The number of hydrogen-bond donors (Lipinski definition) is 1. The zero-order valence-electron chi connectivity index (χ0n) is 13.5. The number of methoxy groups -OCH3 is 1. The van der Waals surface area contributed by atoms with E-state index >= 15 is 0 Å². The van der Waals surface area contributed by atoms with Crippen molar-refractivity contribution in [3.05, 3.63) is 71.8 Å². The van der Waals surface area contributed by atoms with Gasteiger partial charge >= 0.3 is 5.97 Å². The van der Waals surface area contributed by atoms with E-state index in [1.807, 2.05) is 0 Å². The van der Waals surface area contributed by atoms with E-state index in [0.29, 0.717) is 11.3 Å². The first-order valence-corrected chi connectivity index (χ1v) is 9.03. The van der Waals surface area contributed by atoms with Gasteiger partial charge in [0, 0.05) is 6.54 Å². The monoisotopic (exact) mass is 359 g/mol. The molecule has 1 N–H and O–H groups in total. The van der Waals surface area contributed by atoms with Crippen molar-refractivity contribution < 1.29 is 23.1 Å². The van der Waals surface area contributed by atoms with Crippen molar-refractivity contribution in [1.82, 2.24) is 4.31 Å². The van der Waals surface area contributed by atoms with Crippen molar-refractivity contribution in [2.75, 3.05) is 13.7 Å². The number of nitrogens with zero attached hydrogens (tertiary/aromatic N) is 1. The Kier molecular flexibility index (Phi) is 4.61. The smallest absolute Gasteiger partial charge is 0.333 e. The topological polar surface area (TPSA) is 83.9 Å². The molecule has 0 bridgehead atoms. The fraction of sp³-hybridized carbons (Fsp3) is 0.167. The van der Waals surface area contributed by atoms with Gasteiger partial charge in [0.05, 0.1) is 23.6 Å². The molecule has 1 aliphatic rings. The molecule has 0 amide bonds. The molecular weight excluding hydrogens is 342 g/mol. The minimum absolute atomic E-state index is 0.00948. The molecule has 7 heteroatoms. The summed E-state index contributed by atoms with van der Waals surface area (Å²) in [7, 11) is -2.30. The molecule has 0 radical (unpaired) electrons. The van der Waals surface area contributed by atoms with Crippen LogP contribution in [0.25, 0.3) is 0 Å². The van der Waals surface area contributed by atoms with E-state index in [4.69, 9.17) is 4.74 Å². The fourth-order valence-corrected chi connectivity index (χ4v) is 4.42. The van der Waals surface area contributed by atoms with Crippen molar-refractivity contribution >= 4 is 16.0 Å². The van der Waals surface area contributed by atoms with Crippen LogP contribution in [-0.2, 0) is 14.8 Å². The van der Waals surface area contributed by atoms with E-state index in [0.717, 1.165) is 0 Å². The van der Waals surface area contributed by atoms with Gasteiger partial charge in [-0.3, -0.25) is 0 Å². The van der Waals surface area contributed by atoms with Gasteiger partial charge in [-0.05, 0) is 29.8 Å². The standard InChI is InChI=1S/C18H17NO5S/c1-24-14-9-7-13(8-10-14)17-16(18(20)21)11-12-19(17)25(22,23)15-5-3-2-4-6-15/h2-11,17H,12H2,1H3,(H,20,21). The number of carbonyl (C=O) groups is 1. The van der Waals surface area contributed by atoms with E-state index in [1.54, 1.807) is 42.5 Å². The number of carboxylic acid groups (broad SMARTS) is 1. The lowest BCUT2D eigenvalue weighted by molar-refractivity contribution is -0.133. The van der Waals surface area contributed by atoms with E-state index in [-0.39, 0.29) is 17.0 Å². The second kappa shape index (κ2) is 6.70. The molecule has 1 unspecified atom stereocenters. The number of carboxylic acids is 1. The Morgan fingerprint density at radius 1 is 1.12 bits per heavy atom. The molecule has 25 heavy (non-hydrogen) atoms. The quantitative estimate of drug-likeness (QED) is 0.886. The molecule has 6 nitrogen and oxygen atoms in total. The van der Waals surface area contributed by atoms with Gasteiger partial charge in [0.1, 0.15) is 5.75 Å². The lowest BCUT2D eigenvalue weighted by atomic mass is 10.0. The predicted molar refractivity (Wildman–Crippen MR) is 91.8 cm³/mol. The predicted octanol–water partition coefficient (Wildman–Crippen LogP) is 2.45. The number of hydrogen-bond acceptors (Lipinski definition) is 4. The third-order valence-corrected chi connectivity index (χ3v) is 5.95. The van der Waals surface area contributed by atoms with Crippen LogP contribution in [0.4, 0.5) is 0 Å². The van der Waals surface area contributed by atoms with Crippen molar-refractivity contribution in [2.45, 2.75) is 10.9 Å². The SMILES string of the molecule is COc1ccc(C2C(C(=O)O)=CCN2S(=O)(=O)c2ccccc2)cc1. The second-order valence-electron chi connectivity index (χ2n) is 5.53. The molecule has 0 saturated carbocycles. The molecule has 1 aliphatic heterocycles. The fourth-order valence-electron chi connectivity index (χ4n) is 2.86. The molecule has 3 rings (SSSR count). The van der Waals surface area contributed by atoms with Crippen molar-refractivity contribution in [1.29, 1.82) is 0 Å². The molecular formula is C18H17NO5S. The maximum atomic E-state index is 13.0. The Morgan fingerprint density at radius 3 is 2.32 bits per heavy atom. The summed E-state index contributed by atoms with van der Waals surface area (Å²) in [5.41, 5.74) is 0.621. The van der Waals surface area contributed by atoms with Crippen LogP contribution < -0.4 is 4.74 Å². The number of ether oxygens (including phenoxy) is 1. The molecule has 2 aromatic rings. The highest BCUT2D eigenvalue weighted by atomic mass is 32.2. The first-order chi connectivity index (χ1) is 11.9. The van der Waals surface area contributed by atoms with Gasteiger partial charge in [-0.15, -0.1) is 0 Å². The summed E-state index contributed by atoms with van der Waals surface area (Å²) in [6, 6.07) is 13.8. The Bertz CT molecular complexity index is 904. The molecule has 1 atom stereocenters. The van der Waals surface area contributed by atoms with Crippen LogP contribution in [0, 0.1) is 0 Å². The van der Waals surface area contributed by atoms with E-state index in [9.17, 15) is 18.3 Å². The Hall–Kier alpha value is -2.64. The Balaban J connectivity index is 2.05. The van der Waals surface area contributed by atoms with Crippen LogP contribution in [0.3, 0.4) is 0 Å². The highest BCUT2D eigenvalue weighted by molar-refractivity contribution is 7.89. The van der Waals surface area contributed by atoms with E-state index in [1.165, 1.54) is 29.6 Å². The van der Waals surface area contributed by atoms with E-state index < -0.39 is 22.0 Å². The molecule has 130 valence electrons. The summed E-state index contributed by atoms with van der Waals surface area (Å²) in [5, 5.41) is 9.49. The molecule has 0 aliphatic carbocycles. The zero-order chi connectivity index (χ0) is 18.0. The van der Waals surface area contributed by atoms with Gasteiger partial charge in [-0.25, -0.2) is 13.2 Å². The van der Waals surface area contributed by atoms with Crippen molar-refractivity contribution in [3.8, 4) is 5.75 Å². The highest BCUT2D eigenvalue weighted by Crippen LogP contribution is 2.38. The van der Waals surface area contributed by atoms with Crippen LogP contribution in [0.5, 0.6) is 5.75 Å². The average Bonchev–Trinajstić information content (AvgIpc) is 3.09. The zero-order valence-corrected chi connectivity index (χ0v) is 14.3. The summed E-state index contributed by atoms with van der Waals surface area (Å²) in [4.78, 5) is 11.7. The van der Waals surface area contributed by atoms with Gasteiger partial charge in [0.2, 0.25) is 10.0 Å². The van der Waals surface area contributed by atoms with Crippen LogP contribution in [0.1, 0.15) is 11.6 Å². The summed E-state index contributed by atoms with van der Waals surface area (Å²) >= 11 is 0. The van der Waals surface area contributed by atoms with Crippen LogP contribution in [0.15, 0.2) is 71.1 Å². The van der Waals surface area contributed by atoms with Gasteiger partial charge in [-0.1, -0.05) is 36.4 Å². The summed E-state index contributed by atoms with van der Waals surface area (Å²) in [5.74, 6) is -0.522. The highest BCUT2D eigenvalue weighted by Gasteiger charge is 2.40. The molecule has 0 saturated heterocycles. The molecule has 0 fully saturated rings. The first-order valence-electron chi connectivity index (χ1n) is 7.59. The second-order valence-corrected chi connectivity index (χ2v) is 7.42. The average molecular weight is 359 g/mol. The van der Waals surface area contributed by atoms with E-state index in [2.05, 4.69) is 0 Å². The Labute approximate surface area is 146 Å². The normalized spacial score (nSPS) is 18.0. The maximum Gasteiger partial charge on any atom is 0.333 e. The van der Waals surface area contributed by atoms with Crippen molar-refractivity contribution in [2.24, 2.45) is 0 Å².